The molecule has 1 aliphatic carbocycles. The maximum absolute atomic E-state index is 11.8. The fourth-order valence-corrected chi connectivity index (χ4v) is 2.78. The highest BCUT2D eigenvalue weighted by molar-refractivity contribution is 7.89. The summed E-state index contributed by atoms with van der Waals surface area (Å²) in [5.74, 6) is 0. The average molecular weight is 264 g/mol. The van der Waals surface area contributed by atoms with Gasteiger partial charge in [0.05, 0.1) is 0 Å². The highest BCUT2D eigenvalue weighted by Gasteiger charge is 2.30. The second kappa shape index (κ2) is 5.09. The van der Waals surface area contributed by atoms with Gasteiger partial charge in [0.2, 0.25) is 10.0 Å². The van der Waals surface area contributed by atoms with Crippen molar-refractivity contribution in [1.29, 1.82) is 0 Å². The second-order valence-corrected chi connectivity index (χ2v) is 5.45. The van der Waals surface area contributed by atoms with Gasteiger partial charge in [-0.2, -0.15) is 0 Å². The van der Waals surface area contributed by atoms with Crippen LogP contribution in [0.25, 0.3) is 0 Å². The lowest BCUT2D eigenvalue weighted by Crippen LogP contribution is -2.50. The molecule has 90 valence electrons. The molecular formula is C9H14ClN3O2S. The van der Waals surface area contributed by atoms with Crippen LogP contribution in [0.3, 0.4) is 0 Å². The number of pyridine rings is 1. The van der Waals surface area contributed by atoms with Gasteiger partial charge >= 0.3 is 0 Å². The van der Waals surface area contributed by atoms with Crippen molar-refractivity contribution < 1.29 is 8.42 Å². The zero-order valence-electron chi connectivity index (χ0n) is 8.54. The fraction of sp³-hybridized carbons (Fsp3) is 0.444. The van der Waals surface area contributed by atoms with Crippen LogP contribution in [0.15, 0.2) is 29.4 Å². The van der Waals surface area contributed by atoms with Gasteiger partial charge in [0.25, 0.3) is 0 Å². The monoisotopic (exact) mass is 263 g/mol. The Kier molecular flexibility index (Phi) is 4.26. The predicted octanol–water partition coefficient (Wildman–Crippen LogP) is 0.271. The lowest BCUT2D eigenvalue weighted by molar-refractivity contribution is 0.327. The average Bonchev–Trinajstić information content (AvgIpc) is 2.17. The van der Waals surface area contributed by atoms with E-state index in [4.69, 9.17) is 5.73 Å². The van der Waals surface area contributed by atoms with E-state index in [0.29, 0.717) is 12.8 Å². The minimum Gasteiger partial charge on any atom is -0.328 e. The van der Waals surface area contributed by atoms with Crippen molar-refractivity contribution in [3.63, 3.8) is 0 Å². The number of hydrogen-bond acceptors (Lipinski definition) is 4. The molecule has 0 saturated heterocycles. The maximum Gasteiger partial charge on any atom is 0.242 e. The Hall–Kier alpha value is -0.690. The largest absolute Gasteiger partial charge is 0.328 e. The van der Waals surface area contributed by atoms with Gasteiger partial charge in [0.15, 0.2) is 0 Å². The summed E-state index contributed by atoms with van der Waals surface area (Å²) in [7, 11) is -3.41. The molecule has 0 aromatic carbocycles. The highest BCUT2D eigenvalue weighted by Crippen LogP contribution is 2.19. The van der Waals surface area contributed by atoms with E-state index < -0.39 is 10.0 Å². The van der Waals surface area contributed by atoms with E-state index in [9.17, 15) is 8.42 Å². The highest BCUT2D eigenvalue weighted by atomic mass is 35.5. The number of nitrogens with one attached hydrogen (secondary N) is 1. The molecule has 1 aromatic heterocycles. The third-order valence-corrected chi connectivity index (χ3v) is 3.95. The quantitative estimate of drug-likeness (QED) is 0.820. The molecule has 1 fully saturated rings. The Bertz CT molecular complexity index is 431. The molecule has 0 spiro atoms. The summed E-state index contributed by atoms with van der Waals surface area (Å²) in [5, 5.41) is 0. The van der Waals surface area contributed by atoms with Gasteiger partial charge in [-0.3, -0.25) is 4.98 Å². The van der Waals surface area contributed by atoms with Crippen molar-refractivity contribution in [2.45, 2.75) is 29.8 Å². The molecule has 0 amide bonds. The van der Waals surface area contributed by atoms with E-state index in [0.717, 1.165) is 0 Å². The summed E-state index contributed by atoms with van der Waals surface area (Å²) in [4.78, 5) is 3.97. The van der Waals surface area contributed by atoms with Crippen molar-refractivity contribution in [3.05, 3.63) is 24.5 Å². The van der Waals surface area contributed by atoms with E-state index in [1.807, 2.05) is 0 Å². The Morgan fingerprint density at radius 2 is 2.12 bits per heavy atom. The normalized spacial score (nSPS) is 24.3. The molecule has 1 aromatic rings. The van der Waals surface area contributed by atoms with Crippen LogP contribution in [0.1, 0.15) is 12.8 Å². The lowest BCUT2D eigenvalue weighted by Gasteiger charge is -2.32. The Morgan fingerprint density at radius 3 is 2.62 bits per heavy atom. The minimum absolute atomic E-state index is 0. The summed E-state index contributed by atoms with van der Waals surface area (Å²) in [6.45, 7) is 0. The van der Waals surface area contributed by atoms with Crippen LogP contribution < -0.4 is 10.5 Å². The van der Waals surface area contributed by atoms with Crippen LogP contribution in [0.5, 0.6) is 0 Å². The summed E-state index contributed by atoms with van der Waals surface area (Å²) in [6, 6.07) is 3.23. The molecule has 1 saturated carbocycles. The number of aromatic nitrogens is 1. The molecule has 1 aliphatic rings. The van der Waals surface area contributed by atoms with Gasteiger partial charge in [0.1, 0.15) is 4.90 Å². The first-order chi connectivity index (χ1) is 7.08. The number of sulfonamides is 1. The minimum atomic E-state index is -3.41. The summed E-state index contributed by atoms with van der Waals surface area (Å²) >= 11 is 0. The molecule has 16 heavy (non-hydrogen) atoms. The van der Waals surface area contributed by atoms with Crippen LogP contribution in [0, 0.1) is 0 Å². The molecule has 0 aliphatic heterocycles. The molecule has 3 N–H and O–H groups in total. The van der Waals surface area contributed by atoms with E-state index in [1.54, 1.807) is 6.07 Å². The number of rotatable bonds is 3. The topological polar surface area (TPSA) is 85.1 Å². The van der Waals surface area contributed by atoms with Crippen LogP contribution >= 0.6 is 12.4 Å². The molecule has 7 heteroatoms. The van der Waals surface area contributed by atoms with Crippen molar-refractivity contribution >= 4 is 22.4 Å². The first-order valence-electron chi connectivity index (χ1n) is 4.76. The Morgan fingerprint density at radius 1 is 1.44 bits per heavy atom. The molecule has 2 rings (SSSR count). The molecule has 5 nitrogen and oxygen atoms in total. The van der Waals surface area contributed by atoms with Gasteiger partial charge < -0.3 is 5.73 Å². The number of halogens is 1. The third-order valence-electron chi connectivity index (χ3n) is 2.44. The molecule has 0 radical (unpaired) electrons. The van der Waals surface area contributed by atoms with Gasteiger partial charge in [-0.1, -0.05) is 0 Å². The summed E-state index contributed by atoms with van der Waals surface area (Å²) < 4.78 is 26.1. The summed E-state index contributed by atoms with van der Waals surface area (Å²) in [5.41, 5.74) is 5.58. The standard InChI is InChI=1S/C9H13N3O2S.ClH/c10-7-4-8(5-7)12-15(13,14)9-2-1-3-11-6-9;/h1-3,6-8,12H,4-5,10H2;1H. The zero-order valence-corrected chi connectivity index (χ0v) is 10.2. The van der Waals surface area contributed by atoms with E-state index >= 15 is 0 Å². The first kappa shape index (κ1) is 13.4. The first-order valence-corrected chi connectivity index (χ1v) is 6.24. The number of hydrogen-bond donors (Lipinski definition) is 2. The number of nitrogens with zero attached hydrogens (tertiary/aromatic N) is 1. The van der Waals surface area contributed by atoms with Crippen LogP contribution in [-0.2, 0) is 10.0 Å². The molecule has 1 heterocycles. The van der Waals surface area contributed by atoms with Crippen molar-refractivity contribution in [2.24, 2.45) is 5.73 Å². The van der Waals surface area contributed by atoms with Crippen LogP contribution in [0.4, 0.5) is 0 Å². The van der Waals surface area contributed by atoms with Crippen molar-refractivity contribution in [3.8, 4) is 0 Å². The van der Waals surface area contributed by atoms with Gasteiger partial charge in [-0.15, -0.1) is 12.4 Å². The van der Waals surface area contributed by atoms with Gasteiger partial charge in [0, 0.05) is 24.5 Å². The van der Waals surface area contributed by atoms with E-state index in [-0.39, 0.29) is 29.4 Å². The zero-order chi connectivity index (χ0) is 10.9. The van der Waals surface area contributed by atoms with Gasteiger partial charge in [-0.05, 0) is 25.0 Å². The van der Waals surface area contributed by atoms with Crippen LogP contribution in [0.2, 0.25) is 0 Å². The fourth-order valence-electron chi connectivity index (χ4n) is 1.55. The summed E-state index contributed by atoms with van der Waals surface area (Å²) in [6.07, 6.45) is 4.29. The smallest absolute Gasteiger partial charge is 0.242 e. The Balaban J connectivity index is 0.00000128. The van der Waals surface area contributed by atoms with Crippen molar-refractivity contribution in [2.75, 3.05) is 0 Å². The number of nitrogens with two attached hydrogens (primary N) is 1. The molecular weight excluding hydrogens is 250 g/mol. The lowest BCUT2D eigenvalue weighted by atomic mass is 9.89. The van der Waals surface area contributed by atoms with Crippen LogP contribution in [-0.4, -0.2) is 25.5 Å². The molecule has 0 unspecified atom stereocenters. The second-order valence-electron chi connectivity index (χ2n) is 3.74. The predicted molar refractivity (Wildman–Crippen MR) is 62.8 cm³/mol. The van der Waals surface area contributed by atoms with Crippen molar-refractivity contribution in [1.82, 2.24) is 9.71 Å². The van der Waals surface area contributed by atoms with E-state index in [2.05, 4.69) is 9.71 Å². The van der Waals surface area contributed by atoms with E-state index in [1.165, 1.54) is 18.5 Å². The van der Waals surface area contributed by atoms with Gasteiger partial charge in [-0.25, -0.2) is 13.1 Å². The Labute approximate surface area is 101 Å². The molecule has 0 bridgehead atoms. The maximum atomic E-state index is 11.8. The molecule has 0 atom stereocenters. The third kappa shape index (κ3) is 2.91. The SMILES string of the molecule is Cl.NC1CC(NS(=O)(=O)c2cccnc2)C1.